The Bertz CT molecular complexity index is 549. The van der Waals surface area contributed by atoms with Crippen LogP contribution in [0.4, 0.5) is 0 Å². The van der Waals surface area contributed by atoms with Crippen LogP contribution >= 0.6 is 0 Å². The number of hydrogen-bond acceptors (Lipinski definition) is 0. The summed E-state index contributed by atoms with van der Waals surface area (Å²) in [5.41, 5.74) is 4.83. The van der Waals surface area contributed by atoms with Gasteiger partial charge in [0.2, 0.25) is 0 Å². The molecule has 0 atom stereocenters. The highest BCUT2D eigenvalue weighted by Crippen LogP contribution is 2.24. The minimum absolute atomic E-state index is 1.15. The minimum atomic E-state index is 1.15. The fourth-order valence-electron chi connectivity index (χ4n) is 2.01. The predicted octanol–water partition coefficient (Wildman–Crippen LogP) is 4.62. The third-order valence-corrected chi connectivity index (χ3v) is 2.97. The third-order valence-electron chi connectivity index (χ3n) is 2.97. The lowest BCUT2D eigenvalue weighted by Crippen LogP contribution is -1.79. The van der Waals surface area contributed by atoms with E-state index in [4.69, 9.17) is 0 Å². The zero-order chi connectivity index (χ0) is 12.2. The summed E-state index contributed by atoms with van der Waals surface area (Å²) in [4.78, 5) is 0. The van der Waals surface area contributed by atoms with Crippen LogP contribution in [0.1, 0.15) is 0 Å². The molecule has 0 saturated carbocycles. The van der Waals surface area contributed by atoms with Gasteiger partial charge in [0.25, 0.3) is 0 Å². The summed E-state index contributed by atoms with van der Waals surface area (Å²) >= 11 is 0. The topological polar surface area (TPSA) is 0 Å². The summed E-state index contributed by atoms with van der Waals surface area (Å²) in [7, 11) is 0. The van der Waals surface area contributed by atoms with Crippen molar-refractivity contribution in [2.24, 2.45) is 0 Å². The molecule has 0 nitrogen and oxygen atoms in total. The molecule has 0 fully saturated rings. The summed E-state index contributed by atoms with van der Waals surface area (Å²) in [6.45, 7) is 0. The highest BCUT2D eigenvalue weighted by molar-refractivity contribution is 5.70. The Labute approximate surface area is 108 Å². The second kappa shape index (κ2) is 4.89. The molecule has 0 aliphatic rings. The molecule has 0 bridgehead atoms. The van der Waals surface area contributed by atoms with Crippen LogP contribution in [0, 0.1) is 12.1 Å². The van der Waals surface area contributed by atoms with Gasteiger partial charge in [0.1, 0.15) is 0 Å². The van der Waals surface area contributed by atoms with Gasteiger partial charge in [-0.15, -0.1) is 0 Å². The van der Waals surface area contributed by atoms with Crippen LogP contribution in [-0.2, 0) is 0 Å². The molecule has 0 spiro atoms. The largest absolute Gasteiger partial charge is 0.0622 e. The van der Waals surface area contributed by atoms with E-state index >= 15 is 0 Å². The van der Waals surface area contributed by atoms with E-state index in [0.717, 1.165) is 5.56 Å². The Hall–Kier alpha value is -2.34. The molecule has 0 N–H and O–H groups in total. The van der Waals surface area contributed by atoms with Gasteiger partial charge in [0.15, 0.2) is 0 Å². The Balaban J connectivity index is 1.95. The van der Waals surface area contributed by atoms with E-state index in [2.05, 4.69) is 60.7 Å². The summed E-state index contributed by atoms with van der Waals surface area (Å²) in [6.07, 6.45) is 0. The normalized spacial score (nSPS) is 10.2. The fourth-order valence-corrected chi connectivity index (χ4v) is 2.01. The molecule has 3 aromatic rings. The fraction of sp³-hybridized carbons (Fsp3) is 0. The van der Waals surface area contributed by atoms with Crippen LogP contribution in [0.5, 0.6) is 0 Å². The molecular weight excluding hydrogens is 216 g/mol. The van der Waals surface area contributed by atoms with Gasteiger partial charge >= 0.3 is 0 Å². The van der Waals surface area contributed by atoms with Crippen molar-refractivity contribution in [2.45, 2.75) is 0 Å². The first-order valence-electron chi connectivity index (χ1n) is 5.96. The quantitative estimate of drug-likeness (QED) is 0.600. The van der Waals surface area contributed by atoms with Gasteiger partial charge in [-0.05, 0) is 52.6 Å². The maximum Gasteiger partial charge on any atom is -0.0171 e. The summed E-state index contributed by atoms with van der Waals surface area (Å²) < 4.78 is 0. The van der Waals surface area contributed by atoms with Gasteiger partial charge in [-0.3, -0.25) is 0 Å². The average molecular weight is 228 g/mol. The van der Waals surface area contributed by atoms with E-state index in [1.807, 2.05) is 18.2 Å². The maximum atomic E-state index is 3.05. The van der Waals surface area contributed by atoms with Crippen molar-refractivity contribution >= 4 is 0 Å². The van der Waals surface area contributed by atoms with Crippen LogP contribution in [0.2, 0.25) is 0 Å². The van der Waals surface area contributed by atoms with Gasteiger partial charge in [-0.1, -0.05) is 54.6 Å². The molecule has 0 amide bonds. The van der Waals surface area contributed by atoms with Crippen LogP contribution in [0.25, 0.3) is 22.3 Å². The third kappa shape index (κ3) is 2.18. The number of rotatable bonds is 2. The van der Waals surface area contributed by atoms with Gasteiger partial charge in [0, 0.05) is 0 Å². The van der Waals surface area contributed by atoms with E-state index in [-0.39, 0.29) is 0 Å². The average Bonchev–Trinajstić information content (AvgIpc) is 2.49. The van der Waals surface area contributed by atoms with Crippen molar-refractivity contribution < 1.29 is 0 Å². The molecule has 0 aliphatic carbocycles. The van der Waals surface area contributed by atoms with E-state index in [0.29, 0.717) is 0 Å². The predicted molar refractivity (Wildman–Crippen MR) is 75.0 cm³/mol. The number of benzene rings is 3. The molecule has 84 valence electrons. The monoisotopic (exact) mass is 228 g/mol. The Kier molecular flexibility index (Phi) is 2.93. The van der Waals surface area contributed by atoms with Crippen molar-refractivity contribution in [1.82, 2.24) is 0 Å². The molecule has 0 saturated heterocycles. The molecule has 0 aliphatic heterocycles. The van der Waals surface area contributed by atoms with Crippen molar-refractivity contribution in [2.75, 3.05) is 0 Å². The second-order valence-corrected chi connectivity index (χ2v) is 4.17. The van der Waals surface area contributed by atoms with Gasteiger partial charge < -0.3 is 0 Å². The standard InChI is InChI=1S/C18H12/c1-3-7-15(8-4-1)17-11-13-18(14-12-17)16-9-5-2-6-10-16/h1-4,7-14H. The SMILES string of the molecule is [c]1c[c]cc(-c2ccc(-c3ccccc3)cc2)c1. The van der Waals surface area contributed by atoms with E-state index in [1.165, 1.54) is 16.7 Å². The zero-order valence-corrected chi connectivity index (χ0v) is 9.93. The van der Waals surface area contributed by atoms with Crippen molar-refractivity contribution in [1.29, 1.82) is 0 Å². The molecule has 0 heteroatoms. The van der Waals surface area contributed by atoms with Gasteiger partial charge in [0.05, 0.1) is 0 Å². The minimum Gasteiger partial charge on any atom is -0.0622 e. The summed E-state index contributed by atoms with van der Waals surface area (Å²) in [5.74, 6) is 0. The maximum absolute atomic E-state index is 3.05. The first kappa shape index (κ1) is 10.8. The highest BCUT2D eigenvalue weighted by Gasteiger charge is 1.99. The summed E-state index contributed by atoms with van der Waals surface area (Å²) in [6, 6.07) is 30.8. The lowest BCUT2D eigenvalue weighted by Gasteiger charge is -2.04. The van der Waals surface area contributed by atoms with Crippen LogP contribution in [0.15, 0.2) is 72.8 Å². The van der Waals surface area contributed by atoms with Crippen molar-refractivity contribution in [3.63, 3.8) is 0 Å². The lowest BCUT2D eigenvalue weighted by atomic mass is 10.0. The molecular formula is C18H12. The van der Waals surface area contributed by atoms with Gasteiger partial charge in [-0.2, -0.15) is 0 Å². The van der Waals surface area contributed by atoms with Crippen LogP contribution < -0.4 is 0 Å². The van der Waals surface area contributed by atoms with Gasteiger partial charge in [-0.25, -0.2) is 0 Å². The van der Waals surface area contributed by atoms with Crippen molar-refractivity contribution in [3.8, 4) is 22.3 Å². The second-order valence-electron chi connectivity index (χ2n) is 4.17. The van der Waals surface area contributed by atoms with Crippen LogP contribution in [-0.4, -0.2) is 0 Å². The molecule has 2 radical (unpaired) electrons. The molecule has 0 heterocycles. The Morgan fingerprint density at radius 2 is 1.00 bits per heavy atom. The zero-order valence-electron chi connectivity index (χ0n) is 9.93. The van der Waals surface area contributed by atoms with Crippen molar-refractivity contribution in [3.05, 3.63) is 84.9 Å². The molecule has 3 aromatic carbocycles. The summed E-state index contributed by atoms with van der Waals surface area (Å²) in [5, 5.41) is 0. The Morgan fingerprint density at radius 1 is 0.500 bits per heavy atom. The first-order valence-corrected chi connectivity index (χ1v) is 5.96. The van der Waals surface area contributed by atoms with E-state index < -0.39 is 0 Å². The number of hydrogen-bond donors (Lipinski definition) is 0. The van der Waals surface area contributed by atoms with Crippen LogP contribution in [0.3, 0.4) is 0 Å². The molecule has 0 unspecified atom stereocenters. The van der Waals surface area contributed by atoms with E-state index in [1.54, 1.807) is 6.07 Å². The molecule has 18 heavy (non-hydrogen) atoms. The Morgan fingerprint density at radius 3 is 1.61 bits per heavy atom. The van der Waals surface area contributed by atoms with E-state index in [9.17, 15) is 0 Å². The first-order chi connectivity index (χ1) is 8.93. The highest BCUT2D eigenvalue weighted by atomic mass is 14.0. The molecule has 0 aromatic heterocycles. The lowest BCUT2D eigenvalue weighted by molar-refractivity contribution is 1.58. The molecule has 3 rings (SSSR count). The smallest absolute Gasteiger partial charge is 0.0171 e.